The highest BCUT2D eigenvalue weighted by Crippen LogP contribution is 2.40. The molecule has 0 bridgehead atoms. The van der Waals surface area contributed by atoms with Gasteiger partial charge in [-0.2, -0.15) is 9.67 Å². The molecule has 7 nitrogen and oxygen atoms in total. The standard InChI is InChI=1S/C29H26N4O3/c1-4-20-12-11-17-31(18-20)26-24(27(34)32(29(26)36)21-13-7-5-8-14-21)23-25(19(2)3)30-33(28(23)35)22-15-9-6-10-16-22/h5-19H,4H2,1-3H3. The molecule has 0 aliphatic carbocycles. The van der Waals surface area contributed by atoms with Gasteiger partial charge in [-0.25, -0.2) is 9.58 Å². The summed E-state index contributed by atoms with van der Waals surface area (Å²) in [5.74, 6) is -1.61. The third-order valence-corrected chi connectivity index (χ3v) is 6.27. The summed E-state index contributed by atoms with van der Waals surface area (Å²) < 4.78 is 2.96. The zero-order chi connectivity index (χ0) is 25.4. The lowest BCUT2D eigenvalue weighted by Crippen LogP contribution is -2.40. The van der Waals surface area contributed by atoms with E-state index in [1.54, 1.807) is 47.2 Å². The number of nitrogens with zero attached hydrogens (tertiary/aromatic N) is 4. The average Bonchev–Trinajstić information content (AvgIpc) is 3.37. The van der Waals surface area contributed by atoms with E-state index >= 15 is 0 Å². The number of pyridine rings is 1. The van der Waals surface area contributed by atoms with Crippen LogP contribution in [-0.2, 0) is 16.0 Å². The van der Waals surface area contributed by atoms with Crippen LogP contribution in [0.5, 0.6) is 5.88 Å². The second-order valence-corrected chi connectivity index (χ2v) is 8.95. The number of hydrogen-bond donors (Lipinski definition) is 0. The molecule has 2 aromatic heterocycles. The van der Waals surface area contributed by atoms with Gasteiger partial charge in [-0.05, 0) is 48.6 Å². The van der Waals surface area contributed by atoms with E-state index in [2.05, 4.69) is 5.10 Å². The van der Waals surface area contributed by atoms with Gasteiger partial charge in [0, 0.05) is 17.2 Å². The smallest absolute Gasteiger partial charge is 0.331 e. The van der Waals surface area contributed by atoms with Crippen molar-refractivity contribution in [3.63, 3.8) is 0 Å². The monoisotopic (exact) mass is 478 g/mol. The van der Waals surface area contributed by atoms with E-state index in [1.807, 2.05) is 63.4 Å². The molecular formula is C29H26N4O3. The number of aryl methyl sites for hydroxylation is 1. The molecule has 0 unspecified atom stereocenters. The van der Waals surface area contributed by atoms with Crippen molar-refractivity contribution >= 4 is 28.8 Å². The third kappa shape index (κ3) is 3.79. The Balaban J connectivity index is 1.81. The van der Waals surface area contributed by atoms with Gasteiger partial charge < -0.3 is 5.11 Å². The van der Waals surface area contributed by atoms with Gasteiger partial charge in [0.2, 0.25) is 0 Å². The van der Waals surface area contributed by atoms with E-state index in [1.165, 1.54) is 4.68 Å². The van der Waals surface area contributed by atoms with Gasteiger partial charge in [-0.3, -0.25) is 9.59 Å². The highest BCUT2D eigenvalue weighted by molar-refractivity contribution is 6.53. The van der Waals surface area contributed by atoms with Gasteiger partial charge in [-0.15, -0.1) is 0 Å². The summed E-state index contributed by atoms with van der Waals surface area (Å²) in [6.07, 6.45) is 4.31. The van der Waals surface area contributed by atoms with Gasteiger partial charge in [0.1, 0.15) is 5.57 Å². The summed E-state index contributed by atoms with van der Waals surface area (Å²) in [5.41, 5.74) is 2.88. The summed E-state index contributed by atoms with van der Waals surface area (Å²) in [4.78, 5) is 29.0. The molecule has 180 valence electrons. The molecule has 5 rings (SSSR count). The number of rotatable bonds is 6. The maximum absolute atomic E-state index is 14.0. The first-order valence-corrected chi connectivity index (χ1v) is 12.0. The van der Waals surface area contributed by atoms with E-state index in [0.717, 1.165) is 16.9 Å². The molecule has 0 radical (unpaired) electrons. The van der Waals surface area contributed by atoms with Crippen LogP contribution < -0.4 is 14.6 Å². The molecule has 0 atom stereocenters. The third-order valence-electron chi connectivity index (χ3n) is 6.27. The summed E-state index contributed by atoms with van der Waals surface area (Å²) in [5, 5.41) is 18.5. The van der Waals surface area contributed by atoms with Gasteiger partial charge in [0.25, 0.3) is 11.6 Å². The SMILES string of the molecule is CCc1ccc[n+](C2=C(c3c(C(C)C)nn(-c4ccccc4)c3[O-])C(=O)N(c3ccccc3)C2=O)c1. The minimum atomic E-state index is -0.540. The highest BCUT2D eigenvalue weighted by atomic mass is 16.3. The van der Waals surface area contributed by atoms with Gasteiger partial charge in [-0.1, -0.05) is 57.2 Å². The number of anilines is 1. The Morgan fingerprint density at radius 1 is 0.889 bits per heavy atom. The Morgan fingerprint density at radius 3 is 2.14 bits per heavy atom. The Morgan fingerprint density at radius 2 is 1.53 bits per heavy atom. The van der Waals surface area contributed by atoms with Gasteiger partial charge in [0.15, 0.2) is 12.4 Å². The largest absolute Gasteiger partial charge is 0.858 e. The lowest BCUT2D eigenvalue weighted by molar-refractivity contribution is -0.577. The van der Waals surface area contributed by atoms with Crippen molar-refractivity contribution in [3.05, 3.63) is 102 Å². The van der Waals surface area contributed by atoms with Crippen molar-refractivity contribution in [2.75, 3.05) is 4.90 Å². The number of hydrogen-bond acceptors (Lipinski definition) is 4. The van der Waals surface area contributed by atoms with Crippen molar-refractivity contribution in [2.24, 2.45) is 0 Å². The van der Waals surface area contributed by atoms with E-state index in [4.69, 9.17) is 0 Å². The Labute approximate surface area is 209 Å². The average molecular weight is 479 g/mol. The van der Waals surface area contributed by atoms with Crippen LogP contribution in [-0.4, -0.2) is 21.6 Å². The fourth-order valence-corrected chi connectivity index (χ4v) is 4.47. The lowest BCUT2D eigenvalue weighted by Gasteiger charge is -2.16. The Kier molecular flexibility index (Phi) is 5.98. The molecule has 2 aromatic carbocycles. The van der Waals surface area contributed by atoms with Crippen LogP contribution in [0.15, 0.2) is 85.2 Å². The molecule has 0 spiro atoms. The fraction of sp³-hybridized carbons (Fsp3) is 0.172. The van der Waals surface area contributed by atoms with Crippen LogP contribution in [0.1, 0.15) is 43.5 Å². The first-order valence-electron chi connectivity index (χ1n) is 12.0. The maximum atomic E-state index is 14.0. The molecule has 0 fully saturated rings. The molecule has 7 heteroatoms. The zero-order valence-electron chi connectivity index (χ0n) is 20.4. The van der Waals surface area contributed by atoms with Crippen LogP contribution in [0, 0.1) is 0 Å². The van der Waals surface area contributed by atoms with Crippen LogP contribution >= 0.6 is 0 Å². The normalized spacial score (nSPS) is 13.8. The van der Waals surface area contributed by atoms with E-state index in [9.17, 15) is 14.7 Å². The molecule has 0 N–H and O–H groups in total. The lowest BCUT2D eigenvalue weighted by atomic mass is 9.98. The van der Waals surface area contributed by atoms with Crippen molar-refractivity contribution < 1.29 is 19.3 Å². The molecule has 2 amide bonds. The minimum Gasteiger partial charge on any atom is -0.858 e. The molecule has 0 saturated heterocycles. The second-order valence-electron chi connectivity index (χ2n) is 8.95. The van der Waals surface area contributed by atoms with Crippen LogP contribution in [0.3, 0.4) is 0 Å². The van der Waals surface area contributed by atoms with Gasteiger partial charge >= 0.3 is 5.91 Å². The molecule has 4 aromatic rings. The van der Waals surface area contributed by atoms with E-state index < -0.39 is 17.7 Å². The van der Waals surface area contributed by atoms with Crippen LogP contribution in [0.25, 0.3) is 17.0 Å². The highest BCUT2D eigenvalue weighted by Gasteiger charge is 2.47. The Bertz CT molecular complexity index is 1490. The summed E-state index contributed by atoms with van der Waals surface area (Å²) in [6.45, 7) is 5.85. The topological polar surface area (TPSA) is 82.1 Å². The number of imide groups is 1. The quantitative estimate of drug-likeness (QED) is 0.311. The number of aromatic nitrogens is 3. The number of benzene rings is 2. The minimum absolute atomic E-state index is 0.0676. The van der Waals surface area contributed by atoms with Crippen molar-refractivity contribution in [3.8, 4) is 11.6 Å². The molecule has 0 saturated carbocycles. The predicted octanol–water partition coefficient (Wildman–Crippen LogP) is 3.86. The number of carbonyl (C=O) groups excluding carboxylic acids is 2. The maximum Gasteiger partial charge on any atom is 0.331 e. The molecule has 1 aliphatic rings. The molecular weight excluding hydrogens is 452 g/mol. The molecule has 1 aliphatic heterocycles. The number of para-hydroxylation sites is 2. The fourth-order valence-electron chi connectivity index (χ4n) is 4.47. The van der Waals surface area contributed by atoms with Crippen LogP contribution in [0.4, 0.5) is 5.69 Å². The Hall–Kier alpha value is -4.52. The first-order chi connectivity index (χ1) is 17.4. The summed E-state index contributed by atoms with van der Waals surface area (Å²) in [6, 6.07) is 21.6. The van der Waals surface area contributed by atoms with E-state index in [-0.39, 0.29) is 22.8 Å². The van der Waals surface area contributed by atoms with Crippen LogP contribution in [0.2, 0.25) is 0 Å². The van der Waals surface area contributed by atoms with Crippen molar-refractivity contribution in [1.29, 1.82) is 0 Å². The number of amides is 2. The summed E-state index contributed by atoms with van der Waals surface area (Å²) in [7, 11) is 0. The molecule has 3 heterocycles. The van der Waals surface area contributed by atoms with Gasteiger partial charge in [0.05, 0.1) is 17.1 Å². The van der Waals surface area contributed by atoms with Crippen molar-refractivity contribution in [2.45, 2.75) is 33.1 Å². The zero-order valence-corrected chi connectivity index (χ0v) is 20.4. The molecule has 36 heavy (non-hydrogen) atoms. The second kappa shape index (κ2) is 9.26. The first kappa shape index (κ1) is 23.2. The van der Waals surface area contributed by atoms with E-state index in [0.29, 0.717) is 17.1 Å². The van der Waals surface area contributed by atoms with Crippen molar-refractivity contribution in [1.82, 2.24) is 9.78 Å². The number of carbonyl (C=O) groups is 2. The summed E-state index contributed by atoms with van der Waals surface area (Å²) >= 11 is 0. The predicted molar refractivity (Wildman–Crippen MR) is 135 cm³/mol.